The molecule has 1 fully saturated rings. The topological polar surface area (TPSA) is 123 Å². The summed E-state index contributed by atoms with van der Waals surface area (Å²) < 4.78 is 54.7. The van der Waals surface area contributed by atoms with Gasteiger partial charge in [0.05, 0.1) is 29.2 Å². The number of nitrogens with one attached hydrogen (secondary N) is 2. The molecular formula is C28H27F4N9O2. The Morgan fingerprint density at radius 2 is 1.91 bits per heavy atom. The van der Waals surface area contributed by atoms with Gasteiger partial charge in [-0.15, -0.1) is 0 Å². The van der Waals surface area contributed by atoms with Gasteiger partial charge in [0.25, 0.3) is 0 Å². The Bertz CT molecular complexity index is 1780. The monoisotopic (exact) mass is 597 g/mol. The number of fused-ring (bicyclic) bond motifs is 2. The average molecular weight is 598 g/mol. The Hall–Kier alpha value is -4.92. The Kier molecular flexibility index (Phi) is 8.34. The number of imidazole rings is 1. The number of aryl methyl sites for hydroxylation is 1. The number of rotatable bonds is 5. The molecule has 1 atom stereocenters. The van der Waals surface area contributed by atoms with Crippen molar-refractivity contribution in [1.29, 1.82) is 0 Å². The van der Waals surface area contributed by atoms with Crippen molar-refractivity contribution < 1.29 is 27.1 Å². The number of aromatic nitrogens is 6. The van der Waals surface area contributed by atoms with Crippen LogP contribution in [0.2, 0.25) is 0 Å². The number of alkyl halides is 3. The van der Waals surface area contributed by atoms with Gasteiger partial charge in [0.15, 0.2) is 11.6 Å². The van der Waals surface area contributed by atoms with Crippen LogP contribution < -0.4 is 20.3 Å². The van der Waals surface area contributed by atoms with Crippen molar-refractivity contribution >= 4 is 45.8 Å². The fourth-order valence-electron chi connectivity index (χ4n) is 4.51. The minimum absolute atomic E-state index is 0.265. The van der Waals surface area contributed by atoms with Crippen LogP contribution in [0.5, 0.6) is 11.5 Å². The molecule has 6 rings (SSSR count). The molecule has 1 saturated heterocycles. The molecule has 0 saturated carbocycles. The van der Waals surface area contributed by atoms with Crippen LogP contribution in [0.3, 0.4) is 0 Å². The lowest BCUT2D eigenvalue weighted by Crippen LogP contribution is -2.49. The second-order valence-corrected chi connectivity index (χ2v) is 9.87. The SMILES string of the molecule is Cc1c(Oc2ccc3c(c2)ncn3C)ccc(Nc2ncnc3cnc(N4CCN[C@H](C)C4)nc23)c1F.O=CC(F)(F)F. The first-order valence-corrected chi connectivity index (χ1v) is 13.2. The highest BCUT2D eigenvalue weighted by Gasteiger charge is 2.25. The van der Waals surface area contributed by atoms with Crippen LogP contribution in [0.1, 0.15) is 12.5 Å². The summed E-state index contributed by atoms with van der Waals surface area (Å²) in [6.07, 6.45) is -0.868. The largest absolute Gasteiger partial charge is 0.457 e. The molecule has 0 unspecified atom stereocenters. The van der Waals surface area contributed by atoms with Crippen molar-refractivity contribution in [2.24, 2.45) is 7.05 Å². The lowest BCUT2D eigenvalue weighted by molar-refractivity contribution is -0.156. The third-order valence-corrected chi connectivity index (χ3v) is 6.66. The number of anilines is 3. The molecule has 5 aromatic rings. The molecule has 0 radical (unpaired) electrons. The molecule has 4 heterocycles. The molecule has 1 aliphatic rings. The smallest absolute Gasteiger partial charge is 0.446 e. The highest BCUT2D eigenvalue weighted by atomic mass is 19.4. The van der Waals surface area contributed by atoms with E-state index in [0.717, 1.165) is 30.7 Å². The summed E-state index contributed by atoms with van der Waals surface area (Å²) in [5, 5.41) is 6.51. The first kappa shape index (κ1) is 29.6. The number of carbonyl (C=O) groups excluding carboxylic acids is 1. The Balaban J connectivity index is 0.000000559. The van der Waals surface area contributed by atoms with E-state index in [9.17, 15) is 13.2 Å². The van der Waals surface area contributed by atoms with Gasteiger partial charge in [-0.2, -0.15) is 13.2 Å². The molecule has 1 aliphatic heterocycles. The Morgan fingerprint density at radius 1 is 1.12 bits per heavy atom. The Morgan fingerprint density at radius 3 is 2.65 bits per heavy atom. The van der Waals surface area contributed by atoms with E-state index in [2.05, 4.69) is 42.4 Å². The quantitative estimate of drug-likeness (QED) is 0.215. The fraction of sp³-hybridized carbons (Fsp3) is 0.286. The zero-order chi connectivity index (χ0) is 30.7. The average Bonchev–Trinajstić information content (AvgIpc) is 3.36. The lowest BCUT2D eigenvalue weighted by atomic mass is 10.1. The number of benzene rings is 2. The van der Waals surface area contributed by atoms with Crippen LogP contribution in [-0.4, -0.2) is 67.6 Å². The predicted octanol–water partition coefficient (Wildman–Crippen LogP) is 4.84. The van der Waals surface area contributed by atoms with Crippen molar-refractivity contribution in [3.8, 4) is 11.5 Å². The van der Waals surface area contributed by atoms with Gasteiger partial charge in [-0.1, -0.05) is 0 Å². The maximum atomic E-state index is 15.5. The molecule has 2 aromatic carbocycles. The second-order valence-electron chi connectivity index (χ2n) is 9.87. The van der Waals surface area contributed by atoms with Gasteiger partial charge in [-0.25, -0.2) is 29.3 Å². The van der Waals surface area contributed by atoms with Gasteiger partial charge in [0.1, 0.15) is 28.9 Å². The van der Waals surface area contributed by atoms with E-state index in [1.807, 2.05) is 29.8 Å². The van der Waals surface area contributed by atoms with Gasteiger partial charge in [0, 0.05) is 44.4 Å². The summed E-state index contributed by atoms with van der Waals surface area (Å²) in [6.45, 7) is 6.25. The van der Waals surface area contributed by atoms with E-state index in [-0.39, 0.29) is 5.69 Å². The number of nitrogens with zero attached hydrogens (tertiary/aromatic N) is 7. The van der Waals surface area contributed by atoms with Crippen molar-refractivity contribution in [3.63, 3.8) is 0 Å². The predicted molar refractivity (Wildman–Crippen MR) is 152 cm³/mol. The van der Waals surface area contributed by atoms with E-state index in [4.69, 9.17) is 14.5 Å². The normalized spacial score (nSPS) is 15.2. The lowest BCUT2D eigenvalue weighted by Gasteiger charge is -2.31. The number of hydrogen-bond acceptors (Lipinski definition) is 10. The second kappa shape index (κ2) is 12.1. The van der Waals surface area contributed by atoms with Crippen LogP contribution in [0.4, 0.5) is 35.0 Å². The molecule has 2 N–H and O–H groups in total. The van der Waals surface area contributed by atoms with Crippen LogP contribution in [-0.2, 0) is 11.8 Å². The molecule has 0 amide bonds. The first-order valence-electron chi connectivity index (χ1n) is 13.2. The summed E-state index contributed by atoms with van der Waals surface area (Å²) in [5.74, 6) is 1.58. The number of ether oxygens (including phenoxy) is 1. The number of piperazine rings is 1. The van der Waals surface area contributed by atoms with Gasteiger partial charge in [-0.3, -0.25) is 4.79 Å². The summed E-state index contributed by atoms with van der Waals surface area (Å²) in [5.41, 5.74) is 3.54. The zero-order valence-corrected chi connectivity index (χ0v) is 23.4. The van der Waals surface area contributed by atoms with Gasteiger partial charge in [0.2, 0.25) is 12.2 Å². The number of aldehydes is 1. The van der Waals surface area contributed by atoms with Gasteiger partial charge in [-0.05, 0) is 38.1 Å². The fourth-order valence-corrected chi connectivity index (χ4v) is 4.51. The molecule has 3 aromatic heterocycles. The summed E-state index contributed by atoms with van der Waals surface area (Å²) in [6, 6.07) is 9.30. The molecule has 0 bridgehead atoms. The summed E-state index contributed by atoms with van der Waals surface area (Å²) >= 11 is 0. The van der Waals surface area contributed by atoms with Gasteiger partial charge >= 0.3 is 6.18 Å². The molecule has 0 spiro atoms. The van der Waals surface area contributed by atoms with Crippen molar-refractivity contribution in [1.82, 2.24) is 34.8 Å². The van der Waals surface area contributed by atoms with Crippen LogP contribution in [0.15, 0.2) is 49.2 Å². The molecule has 43 heavy (non-hydrogen) atoms. The number of carbonyl (C=O) groups is 1. The standard InChI is InChI=1S/C26H26FN9O.C2HF3O/c1-15-12-36(9-8-28-15)26-29-11-20-24(34-26)25(31-13-30-20)33-18-5-7-22(16(2)23(18)27)37-17-4-6-21-19(10-17)32-14-35(21)3;3-2(4,5)1-6/h4-7,10-11,13-15,28H,8-9,12H2,1-3H3,(H,30,31,33);1H/t15-;/m1./s1. The third kappa shape index (κ3) is 6.77. The van der Waals surface area contributed by atoms with E-state index < -0.39 is 18.3 Å². The molecule has 11 nitrogen and oxygen atoms in total. The van der Waals surface area contributed by atoms with Crippen molar-refractivity contribution in [2.45, 2.75) is 26.1 Å². The number of hydrogen-bond donors (Lipinski definition) is 2. The molecule has 15 heteroatoms. The van der Waals surface area contributed by atoms with E-state index in [1.165, 1.54) is 6.33 Å². The third-order valence-electron chi connectivity index (χ3n) is 6.66. The van der Waals surface area contributed by atoms with Crippen LogP contribution in [0, 0.1) is 12.7 Å². The van der Waals surface area contributed by atoms with Crippen molar-refractivity contribution in [3.05, 3.63) is 60.6 Å². The molecule has 224 valence electrons. The number of halogens is 4. The zero-order valence-electron chi connectivity index (χ0n) is 23.4. The minimum Gasteiger partial charge on any atom is -0.457 e. The van der Waals surface area contributed by atoms with Crippen molar-refractivity contribution in [2.75, 3.05) is 29.9 Å². The highest BCUT2D eigenvalue weighted by molar-refractivity contribution is 5.87. The van der Waals surface area contributed by atoms with Gasteiger partial charge < -0.3 is 24.8 Å². The minimum atomic E-state index is -4.64. The van der Waals surface area contributed by atoms with E-state index >= 15 is 4.39 Å². The highest BCUT2D eigenvalue weighted by Crippen LogP contribution is 2.33. The summed E-state index contributed by atoms with van der Waals surface area (Å²) in [7, 11) is 1.93. The van der Waals surface area contributed by atoms with E-state index in [1.54, 1.807) is 31.6 Å². The van der Waals surface area contributed by atoms with E-state index in [0.29, 0.717) is 45.9 Å². The first-order chi connectivity index (χ1) is 20.5. The molecular weight excluding hydrogens is 570 g/mol. The maximum absolute atomic E-state index is 15.5. The maximum Gasteiger partial charge on any atom is 0.446 e. The van der Waals surface area contributed by atoms with Crippen LogP contribution >= 0.6 is 0 Å². The Labute approximate surface area is 243 Å². The van der Waals surface area contributed by atoms with Crippen LogP contribution in [0.25, 0.3) is 22.1 Å². The summed E-state index contributed by atoms with van der Waals surface area (Å²) in [4.78, 5) is 33.0. The molecule has 0 aliphatic carbocycles.